The Labute approximate surface area is 152 Å². The number of hydrogen-bond acceptors (Lipinski definition) is 5. The Morgan fingerprint density at radius 1 is 1.08 bits per heavy atom. The van der Waals surface area contributed by atoms with Crippen LogP contribution in [0.2, 0.25) is 0 Å². The number of halogens is 1. The lowest BCUT2D eigenvalue weighted by atomic mass is 10.1. The molecule has 0 bridgehead atoms. The third-order valence-corrected chi connectivity index (χ3v) is 4.16. The van der Waals surface area contributed by atoms with Crippen molar-refractivity contribution < 1.29 is 9.26 Å². The van der Waals surface area contributed by atoms with Gasteiger partial charge in [0.15, 0.2) is 0 Å². The monoisotopic (exact) mass is 357 g/mol. The predicted octanol–water partition coefficient (Wildman–Crippen LogP) is 4.07. The lowest BCUT2D eigenvalue weighted by Crippen LogP contribution is -2.00. The van der Waals surface area contributed by atoms with Gasteiger partial charge in [-0.3, -0.25) is 0 Å². The van der Waals surface area contributed by atoms with Crippen LogP contribution in [0.5, 0.6) is 5.75 Å². The molecule has 2 N–H and O–H groups in total. The van der Waals surface area contributed by atoms with Crippen LogP contribution in [0.15, 0.2) is 53.1 Å². The Balaban J connectivity index is 0.00000182. The molecule has 1 heterocycles. The molecule has 4 rings (SSSR count). The summed E-state index contributed by atoms with van der Waals surface area (Å²) in [5.41, 5.74) is 8.43. The number of nitrogens with two attached hydrogens (primary N) is 1. The Bertz CT molecular complexity index is 829. The fourth-order valence-corrected chi connectivity index (χ4v) is 2.50. The molecule has 1 aliphatic rings. The van der Waals surface area contributed by atoms with Crippen LogP contribution in [0.25, 0.3) is 22.8 Å². The summed E-state index contributed by atoms with van der Waals surface area (Å²) in [5, 5.41) is 4.09. The van der Waals surface area contributed by atoms with E-state index >= 15 is 0 Å². The molecule has 2 aromatic carbocycles. The summed E-state index contributed by atoms with van der Waals surface area (Å²) in [6, 6.07) is 15.6. The first-order valence-electron chi connectivity index (χ1n) is 8.19. The molecule has 0 radical (unpaired) electrons. The predicted molar refractivity (Wildman–Crippen MR) is 98.5 cm³/mol. The molecule has 0 atom stereocenters. The Hall–Kier alpha value is -2.37. The molecular formula is C19H20ClN3O2. The van der Waals surface area contributed by atoms with E-state index in [1.807, 2.05) is 48.5 Å². The van der Waals surface area contributed by atoms with Crippen LogP contribution in [0.1, 0.15) is 18.4 Å². The summed E-state index contributed by atoms with van der Waals surface area (Å²) in [4.78, 5) is 4.52. The molecule has 0 aliphatic heterocycles. The minimum absolute atomic E-state index is 0. The van der Waals surface area contributed by atoms with Crippen molar-refractivity contribution in [1.29, 1.82) is 0 Å². The molecule has 130 valence electrons. The molecule has 6 heteroatoms. The van der Waals surface area contributed by atoms with Crippen molar-refractivity contribution in [2.24, 2.45) is 11.7 Å². The van der Waals surface area contributed by atoms with E-state index in [1.54, 1.807) is 0 Å². The largest absolute Gasteiger partial charge is 0.492 e. The highest BCUT2D eigenvalue weighted by Gasteiger charge is 2.23. The Morgan fingerprint density at radius 2 is 1.84 bits per heavy atom. The topological polar surface area (TPSA) is 74.2 Å². The van der Waals surface area contributed by atoms with Gasteiger partial charge in [0.05, 0.1) is 12.2 Å². The quantitative estimate of drug-likeness (QED) is 0.719. The van der Waals surface area contributed by atoms with Crippen LogP contribution in [0, 0.1) is 5.92 Å². The first-order chi connectivity index (χ1) is 11.8. The van der Waals surface area contributed by atoms with E-state index in [9.17, 15) is 0 Å². The minimum atomic E-state index is 0. The fraction of sp³-hybridized carbons (Fsp3) is 0.263. The van der Waals surface area contributed by atoms with Crippen LogP contribution < -0.4 is 10.5 Å². The maximum absolute atomic E-state index is 5.92. The third-order valence-electron chi connectivity index (χ3n) is 4.16. The molecule has 1 fully saturated rings. The number of benzene rings is 2. The molecule has 5 nitrogen and oxygen atoms in total. The van der Waals surface area contributed by atoms with E-state index in [0.717, 1.165) is 29.0 Å². The highest BCUT2D eigenvalue weighted by atomic mass is 35.5. The molecule has 3 aromatic rings. The maximum Gasteiger partial charge on any atom is 0.262 e. The average Bonchev–Trinajstić information content (AvgIpc) is 3.35. The number of nitrogens with zero attached hydrogens (tertiary/aromatic N) is 2. The van der Waals surface area contributed by atoms with Crippen LogP contribution in [0.4, 0.5) is 0 Å². The SMILES string of the molecule is Cl.NCc1ccc(-c2noc(-c3ccccc3OCC3CC3)n2)cc1. The molecule has 1 aromatic heterocycles. The minimum Gasteiger partial charge on any atom is -0.492 e. The first-order valence-corrected chi connectivity index (χ1v) is 8.19. The molecule has 0 unspecified atom stereocenters. The number of aromatic nitrogens is 2. The molecule has 0 saturated heterocycles. The summed E-state index contributed by atoms with van der Waals surface area (Å²) < 4.78 is 11.4. The van der Waals surface area contributed by atoms with Gasteiger partial charge in [-0.05, 0) is 36.5 Å². The smallest absolute Gasteiger partial charge is 0.262 e. The lowest BCUT2D eigenvalue weighted by molar-refractivity contribution is 0.299. The van der Waals surface area contributed by atoms with Gasteiger partial charge in [-0.2, -0.15) is 4.98 Å². The normalized spacial score (nSPS) is 13.3. The molecule has 1 aliphatic carbocycles. The second kappa shape index (κ2) is 7.68. The second-order valence-electron chi connectivity index (χ2n) is 6.07. The van der Waals surface area contributed by atoms with Gasteiger partial charge in [-0.25, -0.2) is 0 Å². The van der Waals surface area contributed by atoms with E-state index in [2.05, 4.69) is 10.1 Å². The van der Waals surface area contributed by atoms with E-state index in [0.29, 0.717) is 24.2 Å². The molecule has 25 heavy (non-hydrogen) atoms. The van der Waals surface area contributed by atoms with Crippen molar-refractivity contribution in [3.8, 4) is 28.6 Å². The van der Waals surface area contributed by atoms with E-state index in [1.165, 1.54) is 12.8 Å². The third kappa shape index (κ3) is 4.00. The van der Waals surface area contributed by atoms with Crippen molar-refractivity contribution in [1.82, 2.24) is 10.1 Å². The van der Waals surface area contributed by atoms with Crippen molar-refractivity contribution in [3.63, 3.8) is 0 Å². The van der Waals surface area contributed by atoms with Gasteiger partial charge in [-0.15, -0.1) is 12.4 Å². The lowest BCUT2D eigenvalue weighted by Gasteiger charge is -2.07. The van der Waals surface area contributed by atoms with Gasteiger partial charge in [0, 0.05) is 12.1 Å². The first kappa shape index (κ1) is 17.5. The van der Waals surface area contributed by atoms with Gasteiger partial charge in [0.1, 0.15) is 5.75 Å². The van der Waals surface area contributed by atoms with Crippen molar-refractivity contribution in [2.45, 2.75) is 19.4 Å². The van der Waals surface area contributed by atoms with Gasteiger partial charge in [0.2, 0.25) is 5.82 Å². The van der Waals surface area contributed by atoms with Gasteiger partial charge in [-0.1, -0.05) is 41.6 Å². The van der Waals surface area contributed by atoms with Gasteiger partial charge >= 0.3 is 0 Å². The second-order valence-corrected chi connectivity index (χ2v) is 6.07. The molecular weight excluding hydrogens is 338 g/mol. The zero-order valence-corrected chi connectivity index (χ0v) is 14.5. The van der Waals surface area contributed by atoms with Crippen LogP contribution >= 0.6 is 12.4 Å². The highest BCUT2D eigenvalue weighted by molar-refractivity contribution is 5.85. The number of para-hydroxylation sites is 1. The average molecular weight is 358 g/mol. The summed E-state index contributed by atoms with van der Waals surface area (Å²) in [7, 11) is 0. The molecule has 0 spiro atoms. The number of hydrogen-bond donors (Lipinski definition) is 1. The summed E-state index contributed by atoms with van der Waals surface area (Å²) in [5.74, 6) is 2.51. The van der Waals surface area contributed by atoms with Gasteiger partial charge in [0.25, 0.3) is 5.89 Å². The van der Waals surface area contributed by atoms with Crippen molar-refractivity contribution in [3.05, 3.63) is 54.1 Å². The summed E-state index contributed by atoms with van der Waals surface area (Å²) >= 11 is 0. The molecule has 0 amide bonds. The Kier molecular flexibility index (Phi) is 5.36. The Morgan fingerprint density at radius 3 is 2.56 bits per heavy atom. The van der Waals surface area contributed by atoms with Crippen LogP contribution in [-0.4, -0.2) is 16.7 Å². The number of ether oxygens (including phenoxy) is 1. The van der Waals surface area contributed by atoms with Gasteiger partial charge < -0.3 is 15.0 Å². The zero-order valence-electron chi connectivity index (χ0n) is 13.7. The van der Waals surface area contributed by atoms with E-state index in [-0.39, 0.29) is 12.4 Å². The van der Waals surface area contributed by atoms with Crippen molar-refractivity contribution in [2.75, 3.05) is 6.61 Å². The molecule has 1 saturated carbocycles. The van der Waals surface area contributed by atoms with E-state index < -0.39 is 0 Å². The summed E-state index contributed by atoms with van der Waals surface area (Å²) in [6.45, 7) is 1.27. The van der Waals surface area contributed by atoms with Crippen LogP contribution in [-0.2, 0) is 6.54 Å². The standard InChI is InChI=1S/C19H19N3O2.ClH/c20-11-13-7-9-15(10-8-13)18-21-19(24-22-18)16-3-1-2-4-17(16)23-12-14-5-6-14;/h1-4,7-10,14H,5-6,11-12,20H2;1H. The summed E-state index contributed by atoms with van der Waals surface area (Å²) in [6.07, 6.45) is 2.51. The zero-order chi connectivity index (χ0) is 16.4. The maximum atomic E-state index is 5.92. The fourth-order valence-electron chi connectivity index (χ4n) is 2.50. The van der Waals surface area contributed by atoms with Crippen LogP contribution in [0.3, 0.4) is 0 Å². The number of rotatable bonds is 6. The van der Waals surface area contributed by atoms with Crippen molar-refractivity contribution >= 4 is 12.4 Å². The highest BCUT2D eigenvalue weighted by Crippen LogP contribution is 2.33. The van der Waals surface area contributed by atoms with E-state index in [4.69, 9.17) is 15.0 Å².